The summed E-state index contributed by atoms with van der Waals surface area (Å²) in [6.07, 6.45) is 4.90. The van der Waals surface area contributed by atoms with E-state index in [1.54, 1.807) is 26.0 Å². The van der Waals surface area contributed by atoms with Gasteiger partial charge in [-0.1, -0.05) is 11.2 Å². The Labute approximate surface area is 143 Å². The second-order valence-corrected chi connectivity index (χ2v) is 5.71. The number of amidine groups is 1. The molecule has 0 saturated heterocycles. The molecular weight excluding hydrogens is 326 g/mol. The number of hydrogen-bond acceptors (Lipinski definition) is 6. The molecule has 9 nitrogen and oxygen atoms in total. The number of nitrogens with zero attached hydrogens (tertiary/aromatic N) is 4. The van der Waals surface area contributed by atoms with Crippen LogP contribution in [0.4, 0.5) is 4.79 Å². The van der Waals surface area contributed by atoms with Gasteiger partial charge in [0.2, 0.25) is 11.8 Å². The molecule has 4 amide bonds. The zero-order chi connectivity index (χ0) is 18.0. The van der Waals surface area contributed by atoms with E-state index >= 15 is 0 Å². The Balaban J connectivity index is 1.55. The van der Waals surface area contributed by atoms with Crippen molar-refractivity contribution in [3.05, 3.63) is 29.2 Å². The first-order valence-corrected chi connectivity index (χ1v) is 7.80. The van der Waals surface area contributed by atoms with E-state index in [1.165, 1.54) is 6.21 Å². The minimum atomic E-state index is -0.663. The number of amides is 4. The standard InChI is InChI=1S/C16H17N5O4/c1-9-12(10(2)25-20-9)8-13(22)17-6-7-21-15(23)11-4-3-5-18-14(11)19-16(21)24/h3-5,11H,6-8H2,1-2H3,(H,17,22). The molecule has 0 bridgehead atoms. The number of aryl methyl sites for hydroxylation is 2. The van der Waals surface area contributed by atoms with Crippen molar-refractivity contribution >= 4 is 29.9 Å². The number of aliphatic imine (C=N–C) groups is 2. The molecule has 1 N–H and O–H groups in total. The summed E-state index contributed by atoms with van der Waals surface area (Å²) in [4.78, 5) is 45.1. The number of carbonyl (C=O) groups excluding carboxylic acids is 3. The normalized spacial score (nSPS) is 19.0. The van der Waals surface area contributed by atoms with Crippen molar-refractivity contribution in [2.24, 2.45) is 15.9 Å². The molecule has 1 atom stereocenters. The average molecular weight is 343 g/mol. The molecule has 1 unspecified atom stereocenters. The number of fused-ring (bicyclic) bond motifs is 1. The van der Waals surface area contributed by atoms with Gasteiger partial charge in [0.25, 0.3) is 0 Å². The highest BCUT2D eigenvalue weighted by Gasteiger charge is 2.36. The number of aromatic nitrogens is 1. The van der Waals surface area contributed by atoms with Gasteiger partial charge in [-0.15, -0.1) is 0 Å². The molecule has 0 aromatic carbocycles. The predicted molar refractivity (Wildman–Crippen MR) is 88.4 cm³/mol. The highest BCUT2D eigenvalue weighted by atomic mass is 16.5. The fourth-order valence-electron chi connectivity index (χ4n) is 2.65. The maximum atomic E-state index is 12.4. The van der Waals surface area contributed by atoms with E-state index in [9.17, 15) is 14.4 Å². The summed E-state index contributed by atoms with van der Waals surface area (Å²) in [5.74, 6) is -0.460. The lowest BCUT2D eigenvalue weighted by Crippen LogP contribution is -2.48. The van der Waals surface area contributed by atoms with Crippen molar-refractivity contribution in [2.45, 2.75) is 20.3 Å². The topological polar surface area (TPSA) is 117 Å². The van der Waals surface area contributed by atoms with Gasteiger partial charge in [-0.2, -0.15) is 4.99 Å². The van der Waals surface area contributed by atoms with Crippen LogP contribution in [0.3, 0.4) is 0 Å². The van der Waals surface area contributed by atoms with E-state index in [1.807, 2.05) is 0 Å². The minimum Gasteiger partial charge on any atom is -0.361 e. The number of imide groups is 1. The Morgan fingerprint density at radius 3 is 2.88 bits per heavy atom. The van der Waals surface area contributed by atoms with Crippen LogP contribution in [-0.2, 0) is 16.0 Å². The zero-order valence-electron chi connectivity index (χ0n) is 13.9. The van der Waals surface area contributed by atoms with Crippen LogP contribution >= 0.6 is 0 Å². The first kappa shape index (κ1) is 16.7. The Bertz CT molecular complexity index is 801. The third-order valence-electron chi connectivity index (χ3n) is 4.02. The largest absolute Gasteiger partial charge is 0.361 e. The number of carbonyl (C=O) groups is 3. The Morgan fingerprint density at radius 2 is 2.16 bits per heavy atom. The third-order valence-corrected chi connectivity index (χ3v) is 4.02. The molecule has 0 aliphatic carbocycles. The maximum Gasteiger partial charge on any atom is 0.352 e. The Hall–Kier alpha value is -3.10. The van der Waals surface area contributed by atoms with Crippen LogP contribution < -0.4 is 5.32 Å². The summed E-state index contributed by atoms with van der Waals surface area (Å²) in [5, 5.41) is 6.48. The SMILES string of the molecule is Cc1noc(C)c1CC(=O)NCCN1C(=O)N=C2N=CC=CC2C1=O. The van der Waals surface area contributed by atoms with Crippen LogP contribution in [0.15, 0.2) is 26.7 Å². The van der Waals surface area contributed by atoms with Gasteiger partial charge in [0.15, 0.2) is 0 Å². The molecule has 0 radical (unpaired) electrons. The Morgan fingerprint density at radius 1 is 1.36 bits per heavy atom. The van der Waals surface area contributed by atoms with Crippen molar-refractivity contribution < 1.29 is 18.9 Å². The monoisotopic (exact) mass is 343 g/mol. The van der Waals surface area contributed by atoms with Gasteiger partial charge >= 0.3 is 6.03 Å². The average Bonchev–Trinajstić information content (AvgIpc) is 2.90. The molecule has 2 aliphatic heterocycles. The van der Waals surface area contributed by atoms with Crippen LogP contribution in [0, 0.1) is 19.8 Å². The minimum absolute atomic E-state index is 0.0514. The zero-order valence-corrected chi connectivity index (χ0v) is 13.9. The number of allylic oxidation sites excluding steroid dienone is 1. The molecular formula is C16H17N5O4. The molecule has 3 rings (SSSR count). The van der Waals surface area contributed by atoms with E-state index in [-0.39, 0.29) is 37.2 Å². The second-order valence-electron chi connectivity index (χ2n) is 5.71. The van der Waals surface area contributed by atoms with Crippen molar-refractivity contribution in [1.82, 2.24) is 15.4 Å². The van der Waals surface area contributed by atoms with Gasteiger partial charge < -0.3 is 9.84 Å². The smallest absolute Gasteiger partial charge is 0.352 e. The predicted octanol–water partition coefficient (Wildman–Crippen LogP) is 0.568. The van der Waals surface area contributed by atoms with E-state index in [0.29, 0.717) is 11.5 Å². The molecule has 0 saturated carbocycles. The summed E-state index contributed by atoms with van der Waals surface area (Å²) < 4.78 is 5.01. The van der Waals surface area contributed by atoms with Gasteiger partial charge in [-0.3, -0.25) is 14.5 Å². The summed E-state index contributed by atoms with van der Waals surface area (Å²) in [7, 11) is 0. The molecule has 130 valence electrons. The lowest BCUT2D eigenvalue weighted by molar-refractivity contribution is -0.130. The molecule has 2 aliphatic rings. The first-order chi connectivity index (χ1) is 12.0. The van der Waals surface area contributed by atoms with E-state index in [2.05, 4.69) is 20.5 Å². The number of rotatable bonds is 5. The molecule has 1 aromatic rings. The maximum absolute atomic E-state index is 12.4. The van der Waals surface area contributed by atoms with E-state index in [4.69, 9.17) is 4.52 Å². The number of hydrogen-bond donors (Lipinski definition) is 1. The Kier molecular flexibility index (Phi) is 4.55. The lowest BCUT2D eigenvalue weighted by atomic mass is 10.0. The number of nitrogens with one attached hydrogen (secondary N) is 1. The highest BCUT2D eigenvalue weighted by molar-refractivity contribution is 6.19. The summed E-state index contributed by atoms with van der Waals surface area (Å²) in [6, 6.07) is -0.663. The van der Waals surface area contributed by atoms with Crippen LogP contribution in [0.5, 0.6) is 0 Å². The van der Waals surface area contributed by atoms with Crippen LogP contribution in [-0.4, -0.2) is 53.0 Å². The van der Waals surface area contributed by atoms with Gasteiger partial charge in [0.1, 0.15) is 17.5 Å². The molecule has 3 heterocycles. The molecule has 0 spiro atoms. The van der Waals surface area contributed by atoms with Crippen molar-refractivity contribution in [2.75, 3.05) is 13.1 Å². The van der Waals surface area contributed by atoms with Crippen molar-refractivity contribution in [3.8, 4) is 0 Å². The quantitative estimate of drug-likeness (QED) is 0.838. The first-order valence-electron chi connectivity index (χ1n) is 7.80. The second kappa shape index (κ2) is 6.80. The third kappa shape index (κ3) is 3.39. The summed E-state index contributed by atoms with van der Waals surface area (Å²) in [6.45, 7) is 3.70. The van der Waals surface area contributed by atoms with Gasteiger partial charge in [0, 0.05) is 24.9 Å². The fraction of sp³-hybridized carbons (Fsp3) is 0.375. The van der Waals surface area contributed by atoms with Gasteiger partial charge in [-0.25, -0.2) is 9.79 Å². The lowest BCUT2D eigenvalue weighted by Gasteiger charge is -2.27. The molecule has 9 heteroatoms. The number of dihydropyridines is 1. The van der Waals surface area contributed by atoms with Crippen molar-refractivity contribution in [1.29, 1.82) is 0 Å². The molecule has 25 heavy (non-hydrogen) atoms. The van der Waals surface area contributed by atoms with Gasteiger partial charge in [0.05, 0.1) is 12.1 Å². The van der Waals surface area contributed by atoms with Crippen LogP contribution in [0.1, 0.15) is 17.0 Å². The number of urea groups is 1. The van der Waals surface area contributed by atoms with Crippen molar-refractivity contribution in [3.63, 3.8) is 0 Å². The van der Waals surface area contributed by atoms with Crippen LogP contribution in [0.25, 0.3) is 0 Å². The molecule has 1 aromatic heterocycles. The highest BCUT2D eigenvalue weighted by Crippen LogP contribution is 2.18. The fourth-order valence-corrected chi connectivity index (χ4v) is 2.65. The van der Waals surface area contributed by atoms with Crippen LogP contribution in [0.2, 0.25) is 0 Å². The van der Waals surface area contributed by atoms with E-state index < -0.39 is 11.9 Å². The summed E-state index contributed by atoms with van der Waals surface area (Å²) >= 11 is 0. The van der Waals surface area contributed by atoms with Gasteiger partial charge in [-0.05, 0) is 19.9 Å². The van der Waals surface area contributed by atoms with E-state index in [0.717, 1.165) is 10.5 Å². The summed E-state index contributed by atoms with van der Waals surface area (Å²) in [5.41, 5.74) is 1.41. The molecule has 0 fully saturated rings.